The van der Waals surface area contributed by atoms with Gasteiger partial charge in [0.05, 0.1) is 84.7 Å². The van der Waals surface area contributed by atoms with Gasteiger partial charge in [0.15, 0.2) is 0 Å². The van der Waals surface area contributed by atoms with E-state index in [9.17, 15) is 9.90 Å². The number of benzene rings is 4. The Kier molecular flexibility index (Phi) is 14.8. The Hall–Kier alpha value is -4.13. The Morgan fingerprint density at radius 1 is 0.596 bits per heavy atom. The molecule has 0 fully saturated rings. The summed E-state index contributed by atoms with van der Waals surface area (Å²) in [5.41, 5.74) is 8.83. The molecular formula is C42H50O10. The molecule has 5 rings (SSSR count). The molecule has 10 heteroatoms. The number of hydrogen-bond acceptors (Lipinski definition) is 9. The summed E-state index contributed by atoms with van der Waals surface area (Å²) in [6, 6.07) is 26.9. The van der Waals surface area contributed by atoms with Gasteiger partial charge in [0.25, 0.3) is 0 Å². The van der Waals surface area contributed by atoms with Crippen molar-refractivity contribution >= 4 is 5.97 Å². The van der Waals surface area contributed by atoms with E-state index >= 15 is 0 Å². The SMILES string of the molecule is COCCOCCOCCOc1ccc(C2(c3ccc(COCCOCCOCCO)cc3)c3cc(C)ccc3-c3ccc(C)cc32)cc1C(=O)O. The highest BCUT2D eigenvalue weighted by Crippen LogP contribution is 2.56. The van der Waals surface area contributed by atoms with Gasteiger partial charge in [-0.05, 0) is 64.9 Å². The second-order valence-electron chi connectivity index (χ2n) is 12.6. The van der Waals surface area contributed by atoms with Gasteiger partial charge >= 0.3 is 5.97 Å². The lowest BCUT2D eigenvalue weighted by atomic mass is 9.67. The number of aliphatic hydroxyl groups is 1. The molecule has 4 aromatic carbocycles. The Labute approximate surface area is 306 Å². The molecule has 0 unspecified atom stereocenters. The maximum absolute atomic E-state index is 12.8. The Balaban J connectivity index is 1.41. The van der Waals surface area contributed by atoms with Gasteiger partial charge in [-0.25, -0.2) is 4.79 Å². The minimum absolute atomic E-state index is 0.00378. The zero-order valence-corrected chi connectivity index (χ0v) is 30.4. The number of fused-ring (bicyclic) bond motifs is 3. The van der Waals surface area contributed by atoms with Crippen molar-refractivity contribution in [2.24, 2.45) is 0 Å². The first-order chi connectivity index (χ1) is 25.4. The molecule has 0 aromatic heterocycles. The van der Waals surface area contributed by atoms with E-state index in [0.29, 0.717) is 72.7 Å². The molecule has 0 amide bonds. The van der Waals surface area contributed by atoms with Gasteiger partial charge in [0.1, 0.15) is 17.9 Å². The van der Waals surface area contributed by atoms with Crippen molar-refractivity contribution < 1.29 is 48.2 Å². The van der Waals surface area contributed by atoms with E-state index in [-0.39, 0.29) is 24.5 Å². The highest BCUT2D eigenvalue weighted by atomic mass is 16.6. The lowest BCUT2D eigenvalue weighted by Gasteiger charge is -2.34. The largest absolute Gasteiger partial charge is 0.490 e. The van der Waals surface area contributed by atoms with E-state index < -0.39 is 11.4 Å². The Bertz CT molecular complexity index is 1680. The standard InChI is InChI=1S/C42H50O10/c1-30-4-11-35-36-12-5-31(2)27-39(36)42(38(35)26-30,33-8-6-32(7-9-33)29-51-23-22-49-19-18-47-15-14-43)34-10-13-40(37(28-34)41(44)45)52-25-24-50-21-20-48-17-16-46-3/h4-13,26-28,43H,14-25,29H2,1-3H3,(H,44,45). The van der Waals surface area contributed by atoms with Crippen LogP contribution in [0.3, 0.4) is 0 Å². The van der Waals surface area contributed by atoms with Crippen molar-refractivity contribution in [3.63, 3.8) is 0 Å². The number of methoxy groups -OCH3 is 1. The first kappa shape index (κ1) is 39.1. The number of hydrogen-bond donors (Lipinski definition) is 2. The van der Waals surface area contributed by atoms with Gasteiger partial charge in [0, 0.05) is 7.11 Å². The topological polar surface area (TPSA) is 122 Å². The van der Waals surface area contributed by atoms with Crippen LogP contribution in [0.1, 0.15) is 49.3 Å². The monoisotopic (exact) mass is 714 g/mol. The summed E-state index contributed by atoms with van der Waals surface area (Å²) in [6.45, 7) is 8.99. The van der Waals surface area contributed by atoms with Crippen LogP contribution in [-0.2, 0) is 40.4 Å². The molecule has 0 saturated carbocycles. The molecule has 1 aliphatic rings. The van der Waals surface area contributed by atoms with Crippen molar-refractivity contribution in [1.29, 1.82) is 0 Å². The third-order valence-electron chi connectivity index (χ3n) is 9.02. The van der Waals surface area contributed by atoms with Crippen LogP contribution in [0.25, 0.3) is 11.1 Å². The number of aliphatic hydroxyl groups excluding tert-OH is 1. The lowest BCUT2D eigenvalue weighted by Crippen LogP contribution is -2.29. The van der Waals surface area contributed by atoms with E-state index in [1.165, 1.54) is 0 Å². The molecule has 0 bridgehead atoms. The highest BCUT2D eigenvalue weighted by Gasteiger charge is 2.46. The van der Waals surface area contributed by atoms with Crippen molar-refractivity contribution in [3.8, 4) is 16.9 Å². The number of aromatic carboxylic acids is 1. The number of carboxylic acid groups (broad SMARTS) is 1. The minimum Gasteiger partial charge on any atom is -0.490 e. The summed E-state index contributed by atoms with van der Waals surface area (Å²) in [6.07, 6.45) is 0. The average molecular weight is 715 g/mol. The fourth-order valence-electron chi connectivity index (χ4n) is 6.62. The molecule has 0 saturated heterocycles. The van der Waals surface area contributed by atoms with Gasteiger partial charge in [-0.3, -0.25) is 0 Å². The first-order valence-electron chi connectivity index (χ1n) is 17.7. The summed E-state index contributed by atoms with van der Waals surface area (Å²) in [4.78, 5) is 12.8. The third kappa shape index (κ3) is 9.45. The van der Waals surface area contributed by atoms with Gasteiger partial charge in [-0.2, -0.15) is 0 Å². The number of aryl methyl sites for hydroxylation is 2. The summed E-state index contributed by atoms with van der Waals surface area (Å²) >= 11 is 0. The Morgan fingerprint density at radius 2 is 1.12 bits per heavy atom. The zero-order valence-electron chi connectivity index (χ0n) is 30.4. The molecule has 0 radical (unpaired) electrons. The summed E-state index contributed by atoms with van der Waals surface area (Å²) < 4.78 is 38.6. The van der Waals surface area contributed by atoms with Crippen molar-refractivity contribution in [2.45, 2.75) is 25.9 Å². The fourth-order valence-corrected chi connectivity index (χ4v) is 6.62. The van der Waals surface area contributed by atoms with Gasteiger partial charge in [-0.15, -0.1) is 0 Å². The number of carboxylic acids is 1. The normalized spacial score (nSPS) is 12.8. The summed E-state index contributed by atoms with van der Waals surface area (Å²) in [7, 11) is 1.62. The van der Waals surface area contributed by atoms with E-state index in [2.05, 4.69) is 74.5 Å². The molecular weight excluding hydrogens is 664 g/mol. The van der Waals surface area contributed by atoms with Crippen LogP contribution in [0.4, 0.5) is 0 Å². The molecule has 0 atom stereocenters. The number of ether oxygens (including phenoxy) is 7. The van der Waals surface area contributed by atoms with Crippen LogP contribution in [-0.4, -0.2) is 103 Å². The third-order valence-corrected chi connectivity index (χ3v) is 9.02. The smallest absolute Gasteiger partial charge is 0.339 e. The summed E-state index contributed by atoms with van der Waals surface area (Å²) in [5.74, 6) is -0.784. The van der Waals surface area contributed by atoms with Crippen molar-refractivity contribution in [1.82, 2.24) is 0 Å². The molecule has 10 nitrogen and oxygen atoms in total. The molecule has 0 aliphatic heterocycles. The molecule has 4 aromatic rings. The zero-order chi connectivity index (χ0) is 36.8. The van der Waals surface area contributed by atoms with E-state index in [1.807, 2.05) is 6.07 Å². The maximum Gasteiger partial charge on any atom is 0.339 e. The van der Waals surface area contributed by atoms with Crippen LogP contribution >= 0.6 is 0 Å². The number of carbonyl (C=O) groups is 1. The van der Waals surface area contributed by atoms with E-state index in [1.54, 1.807) is 19.2 Å². The van der Waals surface area contributed by atoms with Gasteiger partial charge in [0.2, 0.25) is 0 Å². The van der Waals surface area contributed by atoms with Gasteiger partial charge < -0.3 is 43.4 Å². The molecule has 1 aliphatic carbocycles. The highest BCUT2D eigenvalue weighted by molar-refractivity contribution is 5.93. The predicted octanol–water partition coefficient (Wildman–Crippen LogP) is 5.97. The van der Waals surface area contributed by atoms with Crippen LogP contribution in [0.5, 0.6) is 5.75 Å². The van der Waals surface area contributed by atoms with Crippen molar-refractivity contribution in [3.05, 3.63) is 123 Å². The van der Waals surface area contributed by atoms with Crippen LogP contribution < -0.4 is 4.74 Å². The molecule has 52 heavy (non-hydrogen) atoms. The van der Waals surface area contributed by atoms with Crippen LogP contribution in [0.15, 0.2) is 78.9 Å². The average Bonchev–Trinajstić information content (AvgIpc) is 3.42. The van der Waals surface area contributed by atoms with Crippen molar-refractivity contribution in [2.75, 3.05) is 86.4 Å². The lowest BCUT2D eigenvalue weighted by molar-refractivity contribution is 0.00450. The van der Waals surface area contributed by atoms with Gasteiger partial charge in [-0.1, -0.05) is 77.9 Å². The predicted molar refractivity (Wildman–Crippen MR) is 198 cm³/mol. The summed E-state index contributed by atoms with van der Waals surface area (Å²) in [5, 5.41) is 19.2. The molecule has 278 valence electrons. The van der Waals surface area contributed by atoms with E-state index in [0.717, 1.165) is 50.1 Å². The second-order valence-corrected chi connectivity index (χ2v) is 12.6. The van der Waals surface area contributed by atoms with Crippen LogP contribution in [0.2, 0.25) is 0 Å². The fraction of sp³-hybridized carbons (Fsp3) is 0.405. The maximum atomic E-state index is 12.8. The quantitative estimate of drug-likeness (QED) is 0.0784. The molecule has 2 N–H and O–H groups in total. The number of rotatable bonds is 23. The first-order valence-corrected chi connectivity index (χ1v) is 17.7. The van der Waals surface area contributed by atoms with Crippen LogP contribution in [0, 0.1) is 13.8 Å². The molecule has 0 spiro atoms. The molecule has 0 heterocycles. The Morgan fingerprint density at radius 3 is 1.67 bits per heavy atom. The second kappa shape index (κ2) is 19.6. The van der Waals surface area contributed by atoms with E-state index in [4.69, 9.17) is 38.3 Å². The minimum atomic E-state index is -1.07.